The first kappa shape index (κ1) is 14.1. The van der Waals surface area contributed by atoms with E-state index in [0.717, 1.165) is 26.1 Å². The van der Waals surface area contributed by atoms with E-state index < -0.39 is 0 Å². The maximum absolute atomic E-state index is 12.1. The van der Waals surface area contributed by atoms with Gasteiger partial charge in [-0.1, -0.05) is 43.7 Å². The van der Waals surface area contributed by atoms with Gasteiger partial charge in [0.1, 0.15) is 0 Å². The third kappa shape index (κ3) is 2.81. The Morgan fingerprint density at radius 3 is 2.68 bits per heavy atom. The molecule has 0 amide bonds. The molecule has 0 saturated carbocycles. The molecule has 1 aromatic carbocycles. The van der Waals surface area contributed by atoms with Crippen molar-refractivity contribution in [1.29, 1.82) is 0 Å². The zero-order chi connectivity index (χ0) is 13.9. The van der Waals surface area contributed by atoms with Crippen molar-refractivity contribution in [2.45, 2.75) is 26.8 Å². The number of esters is 1. The molecule has 0 bridgehead atoms. The van der Waals surface area contributed by atoms with E-state index in [1.165, 1.54) is 12.7 Å². The smallest absolute Gasteiger partial charge is 0.313 e. The van der Waals surface area contributed by atoms with Gasteiger partial charge in [-0.05, 0) is 18.4 Å². The highest BCUT2D eigenvalue weighted by atomic mass is 16.5. The highest BCUT2D eigenvalue weighted by molar-refractivity contribution is 5.77. The van der Waals surface area contributed by atoms with Gasteiger partial charge in [-0.25, -0.2) is 0 Å². The van der Waals surface area contributed by atoms with Gasteiger partial charge in [0.2, 0.25) is 0 Å². The monoisotopic (exact) mass is 261 g/mol. The summed E-state index contributed by atoms with van der Waals surface area (Å²) in [5.41, 5.74) is 0.935. The van der Waals surface area contributed by atoms with Crippen molar-refractivity contribution >= 4 is 5.97 Å². The number of methoxy groups -OCH3 is 1. The molecular weight excluding hydrogens is 238 g/mol. The van der Waals surface area contributed by atoms with Gasteiger partial charge in [0.05, 0.1) is 12.5 Å². The molecular formula is C16H23NO2. The topological polar surface area (TPSA) is 29.5 Å². The van der Waals surface area contributed by atoms with Crippen molar-refractivity contribution in [3.8, 4) is 0 Å². The van der Waals surface area contributed by atoms with Crippen LogP contribution >= 0.6 is 0 Å². The molecule has 1 aromatic rings. The summed E-state index contributed by atoms with van der Waals surface area (Å²) in [5.74, 6) is 0.304. The van der Waals surface area contributed by atoms with Gasteiger partial charge in [-0.3, -0.25) is 9.69 Å². The Bertz CT molecular complexity index is 432. The third-order valence-electron chi connectivity index (χ3n) is 4.33. The molecule has 1 fully saturated rings. The van der Waals surface area contributed by atoms with E-state index >= 15 is 0 Å². The van der Waals surface area contributed by atoms with Crippen molar-refractivity contribution < 1.29 is 9.53 Å². The lowest BCUT2D eigenvalue weighted by molar-refractivity contribution is -0.153. The van der Waals surface area contributed by atoms with Crippen LogP contribution in [0.5, 0.6) is 0 Å². The molecule has 0 N–H and O–H groups in total. The fourth-order valence-electron chi connectivity index (χ4n) is 3.18. The van der Waals surface area contributed by atoms with Crippen LogP contribution in [-0.2, 0) is 16.1 Å². The SMILES string of the molecule is CC[C@@H]1CN(Cc2ccccc2)C[C@@]1(C)C(=O)OC. The molecule has 0 aliphatic carbocycles. The Balaban J connectivity index is 2.09. The molecule has 0 spiro atoms. The van der Waals surface area contributed by atoms with Gasteiger partial charge >= 0.3 is 5.97 Å². The van der Waals surface area contributed by atoms with Crippen molar-refractivity contribution in [3.63, 3.8) is 0 Å². The van der Waals surface area contributed by atoms with Gasteiger partial charge in [-0.2, -0.15) is 0 Å². The Hall–Kier alpha value is -1.35. The summed E-state index contributed by atoms with van der Waals surface area (Å²) in [6.07, 6.45) is 1.01. The number of carbonyl (C=O) groups excluding carboxylic acids is 1. The Morgan fingerprint density at radius 1 is 1.42 bits per heavy atom. The van der Waals surface area contributed by atoms with Crippen LogP contribution in [-0.4, -0.2) is 31.1 Å². The van der Waals surface area contributed by atoms with Gasteiger partial charge in [-0.15, -0.1) is 0 Å². The van der Waals surface area contributed by atoms with Gasteiger partial charge in [0.15, 0.2) is 0 Å². The van der Waals surface area contributed by atoms with Crippen LogP contribution in [0.15, 0.2) is 30.3 Å². The number of rotatable bonds is 4. The zero-order valence-electron chi connectivity index (χ0n) is 12.1. The molecule has 2 rings (SSSR count). The lowest BCUT2D eigenvalue weighted by atomic mass is 9.78. The molecule has 104 valence electrons. The Morgan fingerprint density at radius 2 is 2.11 bits per heavy atom. The lowest BCUT2D eigenvalue weighted by Crippen LogP contribution is -2.36. The summed E-state index contributed by atoms with van der Waals surface area (Å²) in [6, 6.07) is 10.4. The van der Waals surface area contributed by atoms with E-state index in [2.05, 4.69) is 36.1 Å². The number of benzene rings is 1. The molecule has 19 heavy (non-hydrogen) atoms. The molecule has 3 heteroatoms. The van der Waals surface area contributed by atoms with E-state index in [0.29, 0.717) is 5.92 Å². The summed E-state index contributed by atoms with van der Waals surface area (Å²) in [5, 5.41) is 0. The fourth-order valence-corrected chi connectivity index (χ4v) is 3.18. The molecule has 2 atom stereocenters. The summed E-state index contributed by atoms with van der Waals surface area (Å²) in [4.78, 5) is 14.4. The normalized spacial score (nSPS) is 27.4. The quantitative estimate of drug-likeness (QED) is 0.780. The van der Waals surface area contributed by atoms with E-state index in [-0.39, 0.29) is 11.4 Å². The van der Waals surface area contributed by atoms with E-state index in [1.54, 1.807) is 0 Å². The van der Waals surface area contributed by atoms with Crippen molar-refractivity contribution in [1.82, 2.24) is 4.90 Å². The molecule has 0 unspecified atom stereocenters. The molecule has 1 heterocycles. The number of hydrogen-bond donors (Lipinski definition) is 0. The fraction of sp³-hybridized carbons (Fsp3) is 0.562. The number of ether oxygens (including phenoxy) is 1. The number of carbonyl (C=O) groups is 1. The van der Waals surface area contributed by atoms with Crippen molar-refractivity contribution in [2.24, 2.45) is 11.3 Å². The summed E-state index contributed by atoms with van der Waals surface area (Å²) in [6.45, 7) is 6.85. The Labute approximate surface area is 115 Å². The standard InChI is InChI=1S/C16H23NO2/c1-4-14-11-17(10-13-8-6-5-7-9-13)12-16(14,2)15(18)19-3/h5-9,14H,4,10-12H2,1-3H3/t14-,16-/m1/s1. The number of hydrogen-bond acceptors (Lipinski definition) is 3. The zero-order valence-corrected chi connectivity index (χ0v) is 12.1. The average Bonchev–Trinajstić information content (AvgIpc) is 2.76. The molecule has 0 radical (unpaired) electrons. The maximum atomic E-state index is 12.1. The first-order valence-corrected chi connectivity index (χ1v) is 6.95. The van der Waals surface area contributed by atoms with E-state index in [4.69, 9.17) is 4.74 Å². The van der Waals surface area contributed by atoms with Crippen LogP contribution in [0, 0.1) is 11.3 Å². The predicted molar refractivity (Wildman–Crippen MR) is 75.6 cm³/mol. The predicted octanol–water partition coefficient (Wildman–Crippen LogP) is 2.71. The van der Waals surface area contributed by atoms with Crippen LogP contribution in [0.1, 0.15) is 25.8 Å². The van der Waals surface area contributed by atoms with Crippen LogP contribution < -0.4 is 0 Å². The first-order chi connectivity index (χ1) is 9.10. The largest absolute Gasteiger partial charge is 0.469 e. The van der Waals surface area contributed by atoms with Crippen molar-refractivity contribution in [3.05, 3.63) is 35.9 Å². The molecule has 0 aromatic heterocycles. The third-order valence-corrected chi connectivity index (χ3v) is 4.33. The minimum absolute atomic E-state index is 0.0742. The maximum Gasteiger partial charge on any atom is 0.313 e. The Kier molecular flexibility index (Phi) is 4.25. The van der Waals surface area contributed by atoms with Crippen LogP contribution in [0.4, 0.5) is 0 Å². The van der Waals surface area contributed by atoms with Gasteiger partial charge < -0.3 is 4.74 Å². The summed E-state index contributed by atoms with van der Waals surface area (Å²) < 4.78 is 5.00. The van der Waals surface area contributed by atoms with E-state index in [1.807, 2.05) is 13.0 Å². The average molecular weight is 261 g/mol. The molecule has 1 saturated heterocycles. The van der Waals surface area contributed by atoms with Crippen LogP contribution in [0.3, 0.4) is 0 Å². The minimum Gasteiger partial charge on any atom is -0.469 e. The summed E-state index contributed by atoms with van der Waals surface area (Å²) >= 11 is 0. The van der Waals surface area contributed by atoms with Crippen molar-refractivity contribution in [2.75, 3.05) is 20.2 Å². The minimum atomic E-state index is -0.363. The molecule has 1 aliphatic rings. The van der Waals surface area contributed by atoms with Crippen LogP contribution in [0.25, 0.3) is 0 Å². The lowest BCUT2D eigenvalue weighted by Gasteiger charge is -2.26. The molecule has 1 aliphatic heterocycles. The summed E-state index contributed by atoms with van der Waals surface area (Å²) in [7, 11) is 1.49. The highest BCUT2D eigenvalue weighted by Crippen LogP contribution is 2.39. The second-order valence-electron chi connectivity index (χ2n) is 5.67. The van der Waals surface area contributed by atoms with Gasteiger partial charge in [0.25, 0.3) is 0 Å². The second kappa shape index (κ2) is 5.74. The number of likely N-dealkylation sites (tertiary alicyclic amines) is 1. The van der Waals surface area contributed by atoms with Gasteiger partial charge in [0, 0.05) is 19.6 Å². The first-order valence-electron chi connectivity index (χ1n) is 6.95. The van der Waals surface area contributed by atoms with E-state index in [9.17, 15) is 4.79 Å². The number of nitrogens with zero attached hydrogens (tertiary/aromatic N) is 1. The van der Waals surface area contributed by atoms with Crippen LogP contribution in [0.2, 0.25) is 0 Å². The highest BCUT2D eigenvalue weighted by Gasteiger charge is 2.48. The second-order valence-corrected chi connectivity index (χ2v) is 5.67. The molecule has 3 nitrogen and oxygen atoms in total.